The van der Waals surface area contributed by atoms with Crippen molar-refractivity contribution in [1.29, 1.82) is 0 Å². The summed E-state index contributed by atoms with van der Waals surface area (Å²) in [6.45, 7) is 8.92. The van der Waals surface area contributed by atoms with Gasteiger partial charge in [0.15, 0.2) is 0 Å². The molecule has 1 aromatic carbocycles. The number of aromatic nitrogens is 1. The fourth-order valence-electron chi connectivity index (χ4n) is 3.01. The van der Waals surface area contributed by atoms with Crippen LogP contribution >= 0.6 is 0 Å². The van der Waals surface area contributed by atoms with E-state index in [4.69, 9.17) is 0 Å². The average Bonchev–Trinajstić information content (AvgIpc) is 2.61. The maximum Gasteiger partial charge on any atom is 0.272 e. The number of piperazine rings is 1. The van der Waals surface area contributed by atoms with Crippen LogP contribution in [-0.2, 0) is 0 Å². The number of carbonyl (C=O) groups excluding carboxylic acids is 1. The summed E-state index contributed by atoms with van der Waals surface area (Å²) in [6, 6.07) is 10.1. The van der Waals surface area contributed by atoms with Crippen LogP contribution in [-0.4, -0.2) is 47.5 Å². The van der Waals surface area contributed by atoms with Crippen LogP contribution in [0.15, 0.2) is 42.6 Å². The van der Waals surface area contributed by atoms with Gasteiger partial charge in [-0.15, -0.1) is 0 Å². The van der Waals surface area contributed by atoms with E-state index in [1.165, 1.54) is 12.1 Å². The van der Waals surface area contributed by atoms with Crippen molar-refractivity contribution >= 4 is 17.3 Å². The number of pyridine rings is 1. The van der Waals surface area contributed by atoms with Gasteiger partial charge in [-0.25, -0.2) is 9.37 Å². The zero-order valence-corrected chi connectivity index (χ0v) is 15.5. The first-order valence-electron chi connectivity index (χ1n) is 8.86. The minimum atomic E-state index is -0.238. The number of nitrogens with zero attached hydrogens (tertiary/aromatic N) is 3. The second kappa shape index (κ2) is 7.32. The highest BCUT2D eigenvalue weighted by molar-refractivity contribution is 5.92. The predicted molar refractivity (Wildman–Crippen MR) is 102 cm³/mol. The van der Waals surface area contributed by atoms with Crippen LogP contribution in [0.4, 0.5) is 15.8 Å². The molecule has 1 aromatic heterocycles. The lowest BCUT2D eigenvalue weighted by Crippen LogP contribution is -2.49. The first-order valence-corrected chi connectivity index (χ1v) is 8.86. The number of hydrogen-bond donors (Lipinski definition) is 1. The van der Waals surface area contributed by atoms with Gasteiger partial charge in [0.2, 0.25) is 0 Å². The maximum absolute atomic E-state index is 13.0. The van der Waals surface area contributed by atoms with Gasteiger partial charge in [0.25, 0.3) is 5.91 Å². The Hall–Kier alpha value is -2.63. The molecule has 0 saturated carbocycles. The van der Waals surface area contributed by atoms with Crippen molar-refractivity contribution < 1.29 is 9.18 Å². The second-order valence-corrected chi connectivity index (χ2v) is 7.56. The lowest BCUT2D eigenvalue weighted by atomic mass is 10.1. The largest absolute Gasteiger partial charge is 0.379 e. The van der Waals surface area contributed by atoms with Gasteiger partial charge < -0.3 is 15.1 Å². The third kappa shape index (κ3) is 4.50. The van der Waals surface area contributed by atoms with Crippen LogP contribution in [0.1, 0.15) is 31.3 Å². The summed E-state index contributed by atoms with van der Waals surface area (Å²) in [5.74, 6) is -0.288. The second-order valence-electron chi connectivity index (χ2n) is 7.56. The van der Waals surface area contributed by atoms with Crippen molar-refractivity contribution in [1.82, 2.24) is 9.88 Å². The quantitative estimate of drug-likeness (QED) is 0.916. The Morgan fingerprint density at radius 1 is 1.04 bits per heavy atom. The number of amides is 1. The molecule has 0 atom stereocenters. The highest BCUT2D eigenvalue weighted by atomic mass is 19.1. The van der Waals surface area contributed by atoms with Crippen molar-refractivity contribution in [2.45, 2.75) is 26.3 Å². The fraction of sp³-hybridized carbons (Fsp3) is 0.400. The summed E-state index contributed by atoms with van der Waals surface area (Å²) in [4.78, 5) is 21.0. The first-order chi connectivity index (χ1) is 12.3. The molecule has 2 aromatic rings. The van der Waals surface area contributed by atoms with E-state index in [-0.39, 0.29) is 17.3 Å². The highest BCUT2D eigenvalue weighted by Gasteiger charge is 2.23. The average molecular weight is 356 g/mol. The van der Waals surface area contributed by atoms with E-state index >= 15 is 0 Å². The number of anilines is 2. The Balaban J connectivity index is 1.59. The molecule has 5 nitrogen and oxygen atoms in total. The van der Waals surface area contributed by atoms with Gasteiger partial charge in [0.05, 0.1) is 11.9 Å². The summed E-state index contributed by atoms with van der Waals surface area (Å²) >= 11 is 0. The SMILES string of the molecule is CC(C)(C)Nc1ccc(C(=O)N2CCN(c3ccc(F)cc3)CC2)nc1. The van der Waals surface area contributed by atoms with Gasteiger partial charge in [-0.2, -0.15) is 0 Å². The molecule has 1 saturated heterocycles. The number of nitrogens with one attached hydrogen (secondary N) is 1. The summed E-state index contributed by atoms with van der Waals surface area (Å²) in [6.07, 6.45) is 1.70. The molecule has 6 heteroatoms. The molecule has 2 heterocycles. The molecule has 0 bridgehead atoms. The van der Waals surface area contributed by atoms with Crippen molar-refractivity contribution in [3.63, 3.8) is 0 Å². The van der Waals surface area contributed by atoms with Gasteiger partial charge >= 0.3 is 0 Å². The van der Waals surface area contributed by atoms with E-state index in [0.717, 1.165) is 24.5 Å². The molecule has 0 radical (unpaired) electrons. The Kier molecular flexibility index (Phi) is 5.11. The Labute approximate surface area is 153 Å². The van der Waals surface area contributed by atoms with E-state index in [2.05, 4.69) is 36.0 Å². The van der Waals surface area contributed by atoms with E-state index in [9.17, 15) is 9.18 Å². The summed E-state index contributed by atoms with van der Waals surface area (Å²) in [5, 5.41) is 3.33. The number of carbonyl (C=O) groups is 1. The van der Waals surface area contributed by atoms with Crippen molar-refractivity contribution in [3.05, 3.63) is 54.1 Å². The van der Waals surface area contributed by atoms with Crippen LogP contribution in [0.3, 0.4) is 0 Å². The maximum atomic E-state index is 13.0. The first kappa shape index (κ1) is 18.2. The predicted octanol–water partition coefficient (Wildman–Crippen LogP) is 3.39. The lowest BCUT2D eigenvalue weighted by molar-refractivity contribution is 0.0741. The molecule has 1 fully saturated rings. The van der Waals surface area contributed by atoms with Gasteiger partial charge in [0, 0.05) is 37.4 Å². The summed E-state index contributed by atoms with van der Waals surface area (Å²) < 4.78 is 13.0. The topological polar surface area (TPSA) is 48.5 Å². The zero-order chi connectivity index (χ0) is 18.7. The van der Waals surface area contributed by atoms with E-state index < -0.39 is 0 Å². The molecule has 0 spiro atoms. The van der Waals surface area contributed by atoms with Crippen LogP contribution in [0.25, 0.3) is 0 Å². The Bertz CT molecular complexity index is 745. The summed E-state index contributed by atoms with van der Waals surface area (Å²) in [5.41, 5.74) is 2.29. The zero-order valence-electron chi connectivity index (χ0n) is 15.5. The van der Waals surface area contributed by atoms with Crippen LogP contribution in [0, 0.1) is 5.82 Å². The highest BCUT2D eigenvalue weighted by Crippen LogP contribution is 2.18. The number of halogens is 1. The summed E-state index contributed by atoms with van der Waals surface area (Å²) in [7, 11) is 0. The number of rotatable bonds is 3. The smallest absolute Gasteiger partial charge is 0.272 e. The fourth-order valence-corrected chi connectivity index (χ4v) is 3.01. The molecule has 26 heavy (non-hydrogen) atoms. The Morgan fingerprint density at radius 3 is 2.23 bits per heavy atom. The molecule has 1 amide bonds. The lowest BCUT2D eigenvalue weighted by Gasteiger charge is -2.36. The van der Waals surface area contributed by atoms with Crippen molar-refractivity contribution in [3.8, 4) is 0 Å². The van der Waals surface area contributed by atoms with Gasteiger partial charge in [-0.05, 0) is 57.2 Å². The van der Waals surface area contributed by atoms with E-state index in [1.807, 2.05) is 11.0 Å². The molecular formula is C20H25FN4O. The van der Waals surface area contributed by atoms with Crippen LogP contribution in [0.5, 0.6) is 0 Å². The molecule has 138 valence electrons. The van der Waals surface area contributed by atoms with E-state index in [0.29, 0.717) is 18.8 Å². The van der Waals surface area contributed by atoms with Gasteiger partial charge in [-0.3, -0.25) is 4.79 Å². The normalized spacial score (nSPS) is 15.1. The molecule has 0 unspecified atom stereocenters. The van der Waals surface area contributed by atoms with Gasteiger partial charge in [-0.1, -0.05) is 0 Å². The van der Waals surface area contributed by atoms with Crippen molar-refractivity contribution in [2.24, 2.45) is 0 Å². The third-order valence-electron chi connectivity index (χ3n) is 4.26. The third-order valence-corrected chi connectivity index (χ3v) is 4.26. The molecule has 1 N–H and O–H groups in total. The van der Waals surface area contributed by atoms with Gasteiger partial charge in [0.1, 0.15) is 11.5 Å². The van der Waals surface area contributed by atoms with Crippen molar-refractivity contribution in [2.75, 3.05) is 36.4 Å². The standard InChI is InChI=1S/C20H25FN4O/c1-20(2,3)23-16-6-9-18(22-14-16)19(26)25-12-10-24(11-13-25)17-7-4-15(21)5-8-17/h4-9,14,23H,10-13H2,1-3H3. The molecule has 3 rings (SSSR count). The molecule has 1 aliphatic rings. The minimum absolute atomic E-state index is 0.0499. The van der Waals surface area contributed by atoms with E-state index in [1.54, 1.807) is 24.4 Å². The molecule has 0 aliphatic carbocycles. The Morgan fingerprint density at radius 2 is 1.69 bits per heavy atom. The molecule has 1 aliphatic heterocycles. The minimum Gasteiger partial charge on any atom is -0.379 e. The van der Waals surface area contributed by atoms with Crippen LogP contribution in [0.2, 0.25) is 0 Å². The number of benzene rings is 1. The monoisotopic (exact) mass is 356 g/mol. The number of hydrogen-bond acceptors (Lipinski definition) is 4. The molecular weight excluding hydrogens is 331 g/mol. The van der Waals surface area contributed by atoms with Crippen LogP contribution < -0.4 is 10.2 Å².